The van der Waals surface area contributed by atoms with Crippen molar-refractivity contribution in [2.24, 2.45) is 5.73 Å². The van der Waals surface area contributed by atoms with Gasteiger partial charge in [0.2, 0.25) is 0 Å². The third-order valence-electron chi connectivity index (χ3n) is 4.78. The van der Waals surface area contributed by atoms with Crippen LogP contribution < -0.4 is 11.1 Å². The van der Waals surface area contributed by atoms with Crippen LogP contribution in [0.15, 0.2) is 12.2 Å². The summed E-state index contributed by atoms with van der Waals surface area (Å²) in [7, 11) is 0. The van der Waals surface area contributed by atoms with Crippen LogP contribution >= 0.6 is 0 Å². The molecule has 0 aromatic rings. The summed E-state index contributed by atoms with van der Waals surface area (Å²) in [6.45, 7) is 3.95. The first-order valence-electron chi connectivity index (χ1n) is 11.0. The Kier molecular flexibility index (Phi) is 21.3. The molecule has 0 bridgehead atoms. The number of nitrogens with two attached hydrogens (primary N) is 1. The van der Waals surface area contributed by atoms with Crippen LogP contribution in [0.1, 0.15) is 103 Å². The Balaban J connectivity index is 3.14. The van der Waals surface area contributed by atoms with Gasteiger partial charge in [-0.05, 0) is 32.1 Å². The molecule has 0 saturated heterocycles. The summed E-state index contributed by atoms with van der Waals surface area (Å²) >= 11 is 0. The molecular weight excluding hydrogens is 308 g/mol. The average Bonchev–Trinajstić information content (AvgIpc) is 2.61. The normalized spacial score (nSPS) is 12.9. The molecule has 0 spiro atoms. The predicted molar refractivity (Wildman–Crippen MR) is 112 cm³/mol. The second kappa shape index (κ2) is 21.7. The van der Waals surface area contributed by atoms with Gasteiger partial charge in [0.05, 0.1) is 6.61 Å². The van der Waals surface area contributed by atoms with E-state index >= 15 is 0 Å². The molecule has 25 heavy (non-hydrogen) atoms. The highest BCUT2D eigenvalue weighted by molar-refractivity contribution is 4.81. The van der Waals surface area contributed by atoms with Crippen LogP contribution in [0.4, 0.5) is 0 Å². The van der Waals surface area contributed by atoms with E-state index in [1.54, 1.807) is 0 Å². The number of rotatable bonds is 20. The van der Waals surface area contributed by atoms with Gasteiger partial charge in [-0.15, -0.1) is 0 Å². The maximum absolute atomic E-state index is 8.70. The highest BCUT2D eigenvalue weighted by Gasteiger charge is 2.01. The summed E-state index contributed by atoms with van der Waals surface area (Å²) in [5, 5.41) is 11.9. The van der Waals surface area contributed by atoms with E-state index in [0.717, 1.165) is 13.0 Å². The van der Waals surface area contributed by atoms with Crippen LogP contribution in [-0.4, -0.2) is 30.8 Å². The van der Waals surface area contributed by atoms with Crippen molar-refractivity contribution in [3.63, 3.8) is 0 Å². The Morgan fingerprint density at radius 1 is 0.800 bits per heavy atom. The topological polar surface area (TPSA) is 58.3 Å². The quantitative estimate of drug-likeness (QED) is 0.205. The first kappa shape index (κ1) is 24.6. The molecule has 3 nitrogen and oxygen atoms in total. The summed E-state index contributed by atoms with van der Waals surface area (Å²) in [6.07, 6.45) is 24.8. The number of hydrogen-bond acceptors (Lipinski definition) is 3. The van der Waals surface area contributed by atoms with Gasteiger partial charge in [0.15, 0.2) is 0 Å². The molecular formula is C22H46N2O. The molecule has 0 amide bonds. The number of nitrogens with one attached hydrogen (secondary N) is 1. The smallest absolute Gasteiger partial charge is 0.0555 e. The molecule has 1 unspecified atom stereocenters. The van der Waals surface area contributed by atoms with Crippen molar-refractivity contribution < 1.29 is 5.11 Å². The van der Waals surface area contributed by atoms with E-state index in [9.17, 15) is 0 Å². The lowest BCUT2D eigenvalue weighted by Gasteiger charge is -2.11. The summed E-state index contributed by atoms with van der Waals surface area (Å²) in [4.78, 5) is 0. The minimum absolute atomic E-state index is 0.195. The molecule has 1 atom stereocenters. The molecule has 0 rings (SSSR count). The second-order valence-electron chi connectivity index (χ2n) is 7.41. The average molecular weight is 355 g/mol. The van der Waals surface area contributed by atoms with Gasteiger partial charge in [-0.3, -0.25) is 0 Å². The van der Waals surface area contributed by atoms with Crippen LogP contribution in [0, 0.1) is 0 Å². The summed E-state index contributed by atoms with van der Waals surface area (Å²) < 4.78 is 0. The van der Waals surface area contributed by atoms with E-state index in [-0.39, 0.29) is 12.6 Å². The minimum atomic E-state index is 0.195. The molecule has 0 aromatic carbocycles. The molecule has 0 radical (unpaired) electrons. The Morgan fingerprint density at radius 3 is 1.88 bits per heavy atom. The van der Waals surface area contributed by atoms with Gasteiger partial charge in [-0.2, -0.15) is 0 Å². The zero-order valence-electron chi connectivity index (χ0n) is 17.0. The molecule has 0 aromatic heterocycles. The Bertz CT molecular complexity index is 269. The Labute approximate surface area is 157 Å². The second-order valence-corrected chi connectivity index (χ2v) is 7.41. The molecule has 150 valence electrons. The van der Waals surface area contributed by atoms with Gasteiger partial charge in [0.1, 0.15) is 0 Å². The fourth-order valence-electron chi connectivity index (χ4n) is 3.12. The molecule has 0 fully saturated rings. The third-order valence-corrected chi connectivity index (χ3v) is 4.78. The van der Waals surface area contributed by atoms with Gasteiger partial charge >= 0.3 is 0 Å². The first-order valence-corrected chi connectivity index (χ1v) is 11.0. The summed E-state index contributed by atoms with van der Waals surface area (Å²) in [5.74, 6) is 0. The number of aliphatic hydroxyl groups excluding tert-OH is 1. The van der Waals surface area contributed by atoms with Crippen LogP contribution in [0.2, 0.25) is 0 Å². The lowest BCUT2D eigenvalue weighted by molar-refractivity contribution is 0.290. The molecule has 0 saturated carbocycles. The fourth-order valence-corrected chi connectivity index (χ4v) is 3.12. The van der Waals surface area contributed by atoms with Gasteiger partial charge in [-0.25, -0.2) is 0 Å². The van der Waals surface area contributed by atoms with Crippen molar-refractivity contribution in [2.45, 2.75) is 109 Å². The number of unbranched alkanes of at least 4 members (excludes halogenated alkanes) is 12. The molecule has 0 heterocycles. The van der Waals surface area contributed by atoms with Crippen LogP contribution in [0.3, 0.4) is 0 Å². The van der Waals surface area contributed by atoms with Gasteiger partial charge in [0.25, 0.3) is 0 Å². The van der Waals surface area contributed by atoms with E-state index in [2.05, 4.69) is 24.4 Å². The predicted octanol–water partition coefficient (Wildman–Crippen LogP) is 5.32. The number of aliphatic hydroxyl groups is 1. The van der Waals surface area contributed by atoms with Crippen LogP contribution in [0.25, 0.3) is 0 Å². The number of hydrogen-bond donors (Lipinski definition) is 3. The highest BCUT2D eigenvalue weighted by Crippen LogP contribution is 2.11. The lowest BCUT2D eigenvalue weighted by atomic mass is 10.0. The largest absolute Gasteiger partial charge is 0.395 e. The standard InChI is InChI=1S/C22H46N2O/c1-2-3-4-5-6-7-8-9-10-11-12-13-14-15-16-17-18-22(23)21-24-19-20-25/h9-10,22,24-25H,2-8,11-21,23H2,1H3/b10-9-. The highest BCUT2D eigenvalue weighted by atomic mass is 16.3. The molecule has 0 aliphatic rings. The maximum Gasteiger partial charge on any atom is 0.0555 e. The molecule has 0 aliphatic heterocycles. The minimum Gasteiger partial charge on any atom is -0.395 e. The first-order chi connectivity index (χ1) is 12.3. The van der Waals surface area contributed by atoms with Crippen molar-refractivity contribution in [1.29, 1.82) is 0 Å². The zero-order valence-corrected chi connectivity index (χ0v) is 17.0. The van der Waals surface area contributed by atoms with Gasteiger partial charge in [0, 0.05) is 19.1 Å². The van der Waals surface area contributed by atoms with Crippen LogP contribution in [-0.2, 0) is 0 Å². The van der Waals surface area contributed by atoms with Crippen molar-refractivity contribution in [1.82, 2.24) is 5.32 Å². The van der Waals surface area contributed by atoms with E-state index in [0.29, 0.717) is 6.54 Å². The summed E-state index contributed by atoms with van der Waals surface area (Å²) in [6, 6.07) is 0.239. The Hall–Kier alpha value is -0.380. The molecule has 4 N–H and O–H groups in total. The summed E-state index contributed by atoms with van der Waals surface area (Å²) in [5.41, 5.74) is 6.02. The number of allylic oxidation sites excluding steroid dienone is 2. The van der Waals surface area contributed by atoms with Crippen molar-refractivity contribution in [3.8, 4) is 0 Å². The lowest BCUT2D eigenvalue weighted by Crippen LogP contribution is -2.35. The zero-order chi connectivity index (χ0) is 18.4. The van der Waals surface area contributed by atoms with Gasteiger partial charge in [-0.1, -0.05) is 83.3 Å². The SMILES string of the molecule is CCCCCCCC/C=C\CCCCCCCCC(N)CNCCO. The van der Waals surface area contributed by atoms with Crippen LogP contribution in [0.5, 0.6) is 0 Å². The van der Waals surface area contributed by atoms with E-state index in [1.165, 1.54) is 89.9 Å². The Morgan fingerprint density at radius 2 is 1.32 bits per heavy atom. The van der Waals surface area contributed by atoms with E-state index in [1.807, 2.05) is 0 Å². The fraction of sp³-hybridized carbons (Fsp3) is 0.909. The van der Waals surface area contributed by atoms with Crippen molar-refractivity contribution in [3.05, 3.63) is 12.2 Å². The van der Waals surface area contributed by atoms with Crippen molar-refractivity contribution in [2.75, 3.05) is 19.7 Å². The third kappa shape index (κ3) is 21.6. The monoisotopic (exact) mass is 354 g/mol. The molecule has 0 aliphatic carbocycles. The van der Waals surface area contributed by atoms with E-state index < -0.39 is 0 Å². The van der Waals surface area contributed by atoms with Gasteiger partial charge < -0.3 is 16.2 Å². The van der Waals surface area contributed by atoms with E-state index in [4.69, 9.17) is 10.8 Å². The maximum atomic E-state index is 8.70. The van der Waals surface area contributed by atoms with Crippen molar-refractivity contribution >= 4 is 0 Å². The molecule has 3 heteroatoms.